The Bertz CT molecular complexity index is 543. The fourth-order valence-corrected chi connectivity index (χ4v) is 2.36. The lowest BCUT2D eigenvalue weighted by Crippen LogP contribution is -2.23. The third-order valence-corrected chi connectivity index (χ3v) is 3.40. The van der Waals surface area contributed by atoms with Gasteiger partial charge in [0.15, 0.2) is 5.82 Å². The van der Waals surface area contributed by atoms with Crippen molar-refractivity contribution in [2.45, 2.75) is 53.1 Å². The van der Waals surface area contributed by atoms with Crippen LogP contribution in [0, 0.1) is 0 Å². The minimum atomic E-state index is 0.475. The molecule has 108 valence electrons. The third-order valence-electron chi connectivity index (χ3n) is 3.40. The van der Waals surface area contributed by atoms with Crippen LogP contribution in [-0.4, -0.2) is 20.8 Å². The van der Waals surface area contributed by atoms with E-state index >= 15 is 0 Å². The number of nitrogens with zero attached hydrogens (tertiary/aromatic N) is 3. The van der Waals surface area contributed by atoms with Gasteiger partial charge in [-0.05, 0) is 25.0 Å². The number of hydrogen-bond acceptors (Lipinski definition) is 3. The Hall–Kier alpha value is -1.68. The first-order chi connectivity index (χ1) is 9.67. The van der Waals surface area contributed by atoms with Gasteiger partial charge in [-0.3, -0.25) is 0 Å². The highest BCUT2D eigenvalue weighted by Crippen LogP contribution is 2.19. The normalized spacial score (nSPS) is 11.2. The topological polar surface area (TPSA) is 42.7 Å². The van der Waals surface area contributed by atoms with Crippen molar-refractivity contribution >= 4 is 0 Å². The average molecular weight is 272 g/mol. The molecule has 0 aliphatic carbocycles. The SMILES string of the molecule is CCc1nn(-c2ccccn2)c(CC)c1CNC(C)C. The zero-order chi connectivity index (χ0) is 14.5. The Labute approximate surface area is 121 Å². The Balaban J connectivity index is 2.43. The van der Waals surface area contributed by atoms with Crippen LogP contribution >= 0.6 is 0 Å². The van der Waals surface area contributed by atoms with E-state index in [1.165, 1.54) is 17.0 Å². The van der Waals surface area contributed by atoms with Crippen molar-refractivity contribution in [1.29, 1.82) is 0 Å². The quantitative estimate of drug-likeness (QED) is 0.879. The highest BCUT2D eigenvalue weighted by molar-refractivity contribution is 5.33. The highest BCUT2D eigenvalue weighted by Gasteiger charge is 2.16. The summed E-state index contributed by atoms with van der Waals surface area (Å²) in [5, 5.41) is 8.26. The molecular weight excluding hydrogens is 248 g/mol. The fraction of sp³-hybridized carbons (Fsp3) is 0.500. The Morgan fingerprint density at radius 1 is 1.20 bits per heavy atom. The molecule has 4 nitrogen and oxygen atoms in total. The van der Waals surface area contributed by atoms with Crippen LogP contribution in [0.2, 0.25) is 0 Å². The van der Waals surface area contributed by atoms with E-state index in [9.17, 15) is 0 Å². The predicted molar refractivity (Wildman–Crippen MR) is 82.1 cm³/mol. The maximum absolute atomic E-state index is 4.76. The number of rotatable bonds is 6. The number of nitrogens with one attached hydrogen (secondary N) is 1. The molecule has 0 amide bonds. The molecule has 0 aromatic carbocycles. The Kier molecular flexibility index (Phi) is 4.90. The van der Waals surface area contributed by atoms with E-state index < -0.39 is 0 Å². The monoisotopic (exact) mass is 272 g/mol. The van der Waals surface area contributed by atoms with E-state index in [1.54, 1.807) is 0 Å². The summed E-state index contributed by atoms with van der Waals surface area (Å²) < 4.78 is 2.00. The molecule has 1 N–H and O–H groups in total. The summed E-state index contributed by atoms with van der Waals surface area (Å²) >= 11 is 0. The highest BCUT2D eigenvalue weighted by atomic mass is 15.3. The zero-order valence-corrected chi connectivity index (χ0v) is 12.8. The van der Waals surface area contributed by atoms with Gasteiger partial charge < -0.3 is 5.32 Å². The molecule has 0 fully saturated rings. The van der Waals surface area contributed by atoms with Gasteiger partial charge >= 0.3 is 0 Å². The maximum atomic E-state index is 4.76. The van der Waals surface area contributed by atoms with Crippen LogP contribution in [0.25, 0.3) is 5.82 Å². The lowest BCUT2D eigenvalue weighted by Gasteiger charge is -2.10. The second-order valence-electron chi connectivity index (χ2n) is 5.21. The van der Waals surface area contributed by atoms with Crippen LogP contribution in [-0.2, 0) is 19.4 Å². The van der Waals surface area contributed by atoms with Gasteiger partial charge in [-0.2, -0.15) is 5.10 Å². The minimum Gasteiger partial charge on any atom is -0.310 e. The molecule has 0 atom stereocenters. The molecule has 0 aliphatic heterocycles. The molecule has 0 radical (unpaired) electrons. The van der Waals surface area contributed by atoms with Crippen LogP contribution in [0.3, 0.4) is 0 Å². The van der Waals surface area contributed by atoms with Gasteiger partial charge in [-0.25, -0.2) is 9.67 Å². The largest absolute Gasteiger partial charge is 0.310 e. The van der Waals surface area contributed by atoms with E-state index in [0.717, 1.165) is 25.2 Å². The number of aryl methyl sites for hydroxylation is 1. The van der Waals surface area contributed by atoms with Crippen molar-refractivity contribution in [1.82, 2.24) is 20.1 Å². The molecule has 0 spiro atoms. The van der Waals surface area contributed by atoms with Gasteiger partial charge in [0.05, 0.1) is 11.4 Å². The molecule has 0 unspecified atom stereocenters. The third kappa shape index (κ3) is 3.07. The summed E-state index contributed by atoms with van der Waals surface area (Å²) in [4.78, 5) is 4.42. The van der Waals surface area contributed by atoms with E-state index in [-0.39, 0.29) is 0 Å². The van der Waals surface area contributed by atoms with Crippen LogP contribution in [0.4, 0.5) is 0 Å². The Morgan fingerprint density at radius 3 is 2.55 bits per heavy atom. The molecule has 20 heavy (non-hydrogen) atoms. The van der Waals surface area contributed by atoms with Gasteiger partial charge in [-0.15, -0.1) is 0 Å². The van der Waals surface area contributed by atoms with Crippen molar-refractivity contribution < 1.29 is 0 Å². The van der Waals surface area contributed by atoms with Crippen molar-refractivity contribution in [2.75, 3.05) is 0 Å². The second-order valence-corrected chi connectivity index (χ2v) is 5.21. The molecule has 2 rings (SSSR count). The molecular formula is C16H24N4. The van der Waals surface area contributed by atoms with E-state index in [2.05, 4.69) is 38.0 Å². The summed E-state index contributed by atoms with van der Waals surface area (Å²) in [5.74, 6) is 0.898. The first-order valence-corrected chi connectivity index (χ1v) is 7.41. The standard InChI is InChI=1S/C16H24N4/c1-5-14-13(11-18-12(3)4)15(6-2)20(19-14)16-9-7-8-10-17-16/h7-10,12,18H,5-6,11H2,1-4H3. The summed E-state index contributed by atoms with van der Waals surface area (Å²) in [6.07, 6.45) is 3.72. The van der Waals surface area contributed by atoms with Crippen molar-refractivity contribution in [2.24, 2.45) is 0 Å². The van der Waals surface area contributed by atoms with Gasteiger partial charge in [0, 0.05) is 24.3 Å². The smallest absolute Gasteiger partial charge is 0.153 e. The fourth-order valence-electron chi connectivity index (χ4n) is 2.36. The summed E-state index contributed by atoms with van der Waals surface area (Å²) in [6, 6.07) is 6.41. The van der Waals surface area contributed by atoms with Gasteiger partial charge in [-0.1, -0.05) is 33.8 Å². The van der Waals surface area contributed by atoms with Crippen LogP contribution < -0.4 is 5.32 Å². The zero-order valence-electron chi connectivity index (χ0n) is 12.8. The van der Waals surface area contributed by atoms with Crippen LogP contribution in [0.5, 0.6) is 0 Å². The lowest BCUT2D eigenvalue weighted by molar-refractivity contribution is 0.584. The maximum Gasteiger partial charge on any atom is 0.153 e. The first kappa shape index (κ1) is 14.7. The average Bonchev–Trinajstić information content (AvgIpc) is 2.83. The van der Waals surface area contributed by atoms with E-state index in [1.807, 2.05) is 29.1 Å². The molecule has 0 saturated heterocycles. The first-order valence-electron chi connectivity index (χ1n) is 7.41. The number of hydrogen-bond donors (Lipinski definition) is 1. The minimum absolute atomic E-state index is 0.475. The lowest BCUT2D eigenvalue weighted by atomic mass is 10.1. The summed E-state index contributed by atoms with van der Waals surface area (Å²) in [6.45, 7) is 9.54. The van der Waals surface area contributed by atoms with Crippen LogP contribution in [0.1, 0.15) is 44.6 Å². The molecule has 4 heteroatoms. The Morgan fingerprint density at radius 2 is 2.00 bits per heavy atom. The van der Waals surface area contributed by atoms with E-state index in [0.29, 0.717) is 6.04 Å². The molecule has 2 aromatic heterocycles. The number of pyridine rings is 1. The van der Waals surface area contributed by atoms with Crippen molar-refractivity contribution in [3.8, 4) is 5.82 Å². The van der Waals surface area contributed by atoms with Crippen molar-refractivity contribution in [3.63, 3.8) is 0 Å². The molecule has 0 aliphatic rings. The molecule has 2 heterocycles. The molecule has 2 aromatic rings. The van der Waals surface area contributed by atoms with Gasteiger partial charge in [0.1, 0.15) is 0 Å². The summed E-state index contributed by atoms with van der Waals surface area (Å²) in [7, 11) is 0. The van der Waals surface area contributed by atoms with E-state index in [4.69, 9.17) is 5.10 Å². The van der Waals surface area contributed by atoms with Crippen molar-refractivity contribution in [3.05, 3.63) is 41.3 Å². The van der Waals surface area contributed by atoms with Crippen LogP contribution in [0.15, 0.2) is 24.4 Å². The van der Waals surface area contributed by atoms with Gasteiger partial charge in [0.25, 0.3) is 0 Å². The molecule has 0 saturated carbocycles. The number of aromatic nitrogens is 3. The second kappa shape index (κ2) is 6.66. The predicted octanol–water partition coefficient (Wildman–Crippen LogP) is 2.89. The van der Waals surface area contributed by atoms with Gasteiger partial charge in [0.2, 0.25) is 0 Å². The summed E-state index contributed by atoms with van der Waals surface area (Å²) in [5.41, 5.74) is 3.75. The molecule has 0 bridgehead atoms.